The Bertz CT molecular complexity index is 1460. The van der Waals surface area contributed by atoms with E-state index < -0.39 is 34.1 Å². The van der Waals surface area contributed by atoms with Gasteiger partial charge < -0.3 is 15.0 Å². The monoisotopic (exact) mass is 619 g/mol. The summed E-state index contributed by atoms with van der Waals surface area (Å²) in [6.45, 7) is 6.84. The van der Waals surface area contributed by atoms with Gasteiger partial charge in [-0.3, -0.25) is 13.9 Å². The summed E-state index contributed by atoms with van der Waals surface area (Å²) in [5.41, 5.74) is 0.386. The van der Waals surface area contributed by atoms with Gasteiger partial charge in [-0.1, -0.05) is 54.4 Å². The predicted octanol–water partition coefficient (Wildman–Crippen LogP) is 6.27. The van der Waals surface area contributed by atoms with E-state index in [0.29, 0.717) is 33.5 Å². The molecular weight excluding hydrogens is 585 g/mol. The van der Waals surface area contributed by atoms with Gasteiger partial charge in [0.15, 0.2) is 0 Å². The number of hydrogen-bond acceptors (Lipinski definition) is 5. The molecular formula is C30H35Cl2N3O5S. The second-order valence-corrected chi connectivity index (χ2v) is 13.3. The number of para-hydroxylation sites is 1. The molecule has 11 heteroatoms. The normalized spacial score (nSPS) is 12.4. The van der Waals surface area contributed by atoms with Gasteiger partial charge in [-0.25, -0.2) is 8.42 Å². The molecule has 1 atom stereocenters. The lowest BCUT2D eigenvalue weighted by Gasteiger charge is -2.34. The van der Waals surface area contributed by atoms with Crippen molar-refractivity contribution in [1.29, 1.82) is 0 Å². The highest BCUT2D eigenvalue weighted by molar-refractivity contribution is 7.92. The van der Waals surface area contributed by atoms with Crippen molar-refractivity contribution in [2.45, 2.75) is 52.2 Å². The smallest absolute Gasteiger partial charge is 0.244 e. The maximum Gasteiger partial charge on any atom is 0.244 e. The molecule has 0 saturated carbocycles. The zero-order chi connectivity index (χ0) is 30.4. The number of amides is 2. The number of benzene rings is 3. The van der Waals surface area contributed by atoms with Crippen molar-refractivity contribution in [2.75, 3.05) is 17.1 Å². The van der Waals surface area contributed by atoms with E-state index in [2.05, 4.69) is 5.32 Å². The average molecular weight is 621 g/mol. The van der Waals surface area contributed by atoms with Crippen LogP contribution >= 0.6 is 23.2 Å². The van der Waals surface area contributed by atoms with E-state index in [4.69, 9.17) is 27.9 Å². The van der Waals surface area contributed by atoms with E-state index in [1.807, 2.05) is 39.0 Å². The first kappa shape index (κ1) is 32.2. The highest BCUT2D eigenvalue weighted by atomic mass is 35.5. The minimum atomic E-state index is -3.88. The van der Waals surface area contributed by atoms with E-state index in [1.165, 1.54) is 4.90 Å². The molecule has 0 spiro atoms. The Labute approximate surface area is 252 Å². The van der Waals surface area contributed by atoms with Crippen LogP contribution in [0.5, 0.6) is 11.5 Å². The number of halogens is 2. The second-order valence-electron chi connectivity index (χ2n) is 10.6. The zero-order valence-electron chi connectivity index (χ0n) is 23.7. The molecule has 8 nitrogen and oxygen atoms in total. The first-order valence-electron chi connectivity index (χ1n) is 13.0. The molecule has 41 heavy (non-hydrogen) atoms. The maximum absolute atomic E-state index is 13.9. The summed E-state index contributed by atoms with van der Waals surface area (Å²) in [6.07, 6.45) is 1.33. The Hall–Kier alpha value is -3.27. The lowest BCUT2D eigenvalue weighted by atomic mass is 10.1. The molecule has 0 aliphatic carbocycles. The number of nitrogens with zero attached hydrogens (tertiary/aromatic N) is 2. The van der Waals surface area contributed by atoms with Crippen LogP contribution < -0.4 is 14.4 Å². The largest absolute Gasteiger partial charge is 0.457 e. The second kappa shape index (κ2) is 13.6. The predicted molar refractivity (Wildman–Crippen MR) is 164 cm³/mol. The third-order valence-corrected chi connectivity index (χ3v) is 7.88. The number of nitrogens with one attached hydrogen (secondary N) is 1. The molecule has 0 bridgehead atoms. The van der Waals surface area contributed by atoms with Crippen LogP contribution in [-0.4, -0.2) is 49.5 Å². The van der Waals surface area contributed by atoms with Gasteiger partial charge in [-0.2, -0.15) is 0 Å². The van der Waals surface area contributed by atoms with Crippen LogP contribution in [0.15, 0.2) is 72.8 Å². The highest BCUT2D eigenvalue weighted by Gasteiger charge is 2.33. The summed E-state index contributed by atoms with van der Waals surface area (Å²) < 4.78 is 32.6. The van der Waals surface area contributed by atoms with Crippen molar-refractivity contribution in [2.24, 2.45) is 0 Å². The van der Waals surface area contributed by atoms with Crippen LogP contribution in [0, 0.1) is 0 Å². The van der Waals surface area contributed by atoms with Gasteiger partial charge in [-0.15, -0.1) is 0 Å². The van der Waals surface area contributed by atoms with Gasteiger partial charge in [0.2, 0.25) is 21.8 Å². The van der Waals surface area contributed by atoms with Crippen LogP contribution in [-0.2, 0) is 26.2 Å². The van der Waals surface area contributed by atoms with Gasteiger partial charge in [0.1, 0.15) is 24.1 Å². The summed E-state index contributed by atoms with van der Waals surface area (Å²) in [6, 6.07) is 19.6. The number of carbonyl (C=O) groups is 2. The van der Waals surface area contributed by atoms with Crippen LogP contribution in [0.25, 0.3) is 0 Å². The van der Waals surface area contributed by atoms with E-state index >= 15 is 0 Å². The fourth-order valence-electron chi connectivity index (χ4n) is 4.13. The van der Waals surface area contributed by atoms with E-state index in [-0.39, 0.29) is 18.1 Å². The molecule has 1 N–H and O–H groups in total. The molecule has 2 amide bonds. The van der Waals surface area contributed by atoms with Crippen molar-refractivity contribution in [1.82, 2.24) is 10.2 Å². The molecule has 1 unspecified atom stereocenters. The Morgan fingerprint density at radius 3 is 2.07 bits per heavy atom. The van der Waals surface area contributed by atoms with Crippen LogP contribution in [0.3, 0.4) is 0 Å². The van der Waals surface area contributed by atoms with Crippen molar-refractivity contribution >= 4 is 50.7 Å². The molecule has 3 aromatic carbocycles. The molecule has 3 aromatic rings. The van der Waals surface area contributed by atoms with Crippen LogP contribution in [0.1, 0.15) is 39.7 Å². The molecule has 0 aliphatic heterocycles. The standard InChI is InChI=1S/C30H35Cl2N3O5S/c1-6-27(29(37)33-30(2,3)4)34(19-21-12-17-25(31)26(32)18-21)28(36)20-35(41(5,38)39)22-13-15-24(16-14-22)40-23-10-8-7-9-11-23/h7-18,27H,6,19-20H2,1-5H3,(H,33,37). The molecule has 0 heterocycles. The van der Waals surface area contributed by atoms with Gasteiger partial charge in [0.25, 0.3) is 0 Å². The molecule has 0 fully saturated rings. The summed E-state index contributed by atoms with van der Waals surface area (Å²) in [7, 11) is -3.88. The third-order valence-electron chi connectivity index (χ3n) is 6.00. The number of hydrogen-bond donors (Lipinski definition) is 1. The molecule has 220 valence electrons. The van der Waals surface area contributed by atoms with Crippen molar-refractivity contribution in [3.8, 4) is 11.5 Å². The summed E-state index contributed by atoms with van der Waals surface area (Å²) >= 11 is 12.3. The third kappa shape index (κ3) is 9.38. The van der Waals surface area contributed by atoms with Gasteiger partial charge in [-0.05, 0) is 81.3 Å². The Morgan fingerprint density at radius 2 is 1.54 bits per heavy atom. The molecule has 0 aliphatic rings. The fourth-order valence-corrected chi connectivity index (χ4v) is 5.30. The first-order chi connectivity index (χ1) is 19.2. The summed E-state index contributed by atoms with van der Waals surface area (Å²) in [5, 5.41) is 3.59. The maximum atomic E-state index is 13.9. The highest BCUT2D eigenvalue weighted by Crippen LogP contribution is 2.27. The Morgan fingerprint density at radius 1 is 0.927 bits per heavy atom. The lowest BCUT2D eigenvalue weighted by Crippen LogP contribution is -2.55. The average Bonchev–Trinajstić information content (AvgIpc) is 2.88. The van der Waals surface area contributed by atoms with E-state index in [0.717, 1.165) is 10.6 Å². The molecule has 3 rings (SSSR count). The number of carbonyl (C=O) groups excluding carboxylic acids is 2. The zero-order valence-corrected chi connectivity index (χ0v) is 26.1. The van der Waals surface area contributed by atoms with Crippen molar-refractivity contribution in [3.05, 3.63) is 88.4 Å². The van der Waals surface area contributed by atoms with Crippen LogP contribution in [0.2, 0.25) is 10.0 Å². The quantitative estimate of drug-likeness (QED) is 0.273. The van der Waals surface area contributed by atoms with Crippen molar-refractivity contribution < 1.29 is 22.7 Å². The number of sulfonamides is 1. The van der Waals surface area contributed by atoms with E-state index in [9.17, 15) is 18.0 Å². The Kier molecular flexibility index (Phi) is 10.7. The van der Waals surface area contributed by atoms with E-state index in [1.54, 1.807) is 61.5 Å². The van der Waals surface area contributed by atoms with Gasteiger partial charge in [0, 0.05) is 12.1 Å². The Balaban J connectivity index is 1.92. The molecule has 0 radical (unpaired) electrons. The summed E-state index contributed by atoms with van der Waals surface area (Å²) in [4.78, 5) is 28.5. The minimum Gasteiger partial charge on any atom is -0.457 e. The topological polar surface area (TPSA) is 96.0 Å². The number of anilines is 1. The fraction of sp³-hybridized carbons (Fsp3) is 0.333. The number of ether oxygens (including phenoxy) is 1. The van der Waals surface area contributed by atoms with Crippen LogP contribution in [0.4, 0.5) is 5.69 Å². The first-order valence-corrected chi connectivity index (χ1v) is 15.6. The summed E-state index contributed by atoms with van der Waals surface area (Å²) in [5.74, 6) is 0.238. The molecule has 0 saturated heterocycles. The van der Waals surface area contributed by atoms with Gasteiger partial charge in [0.05, 0.1) is 22.0 Å². The van der Waals surface area contributed by atoms with Gasteiger partial charge >= 0.3 is 0 Å². The van der Waals surface area contributed by atoms with Crippen molar-refractivity contribution in [3.63, 3.8) is 0 Å². The SMILES string of the molecule is CCC(C(=O)NC(C)(C)C)N(Cc1ccc(Cl)c(Cl)c1)C(=O)CN(c1ccc(Oc2ccccc2)cc1)S(C)(=O)=O. The lowest BCUT2D eigenvalue weighted by molar-refractivity contribution is -0.141. The number of rotatable bonds is 11. The molecule has 0 aromatic heterocycles. The minimum absolute atomic E-state index is 0.0211.